The number of likely N-dealkylation sites (tertiary alicyclic amines) is 2. The van der Waals surface area contributed by atoms with Gasteiger partial charge in [-0.05, 0) is 119 Å². The summed E-state index contributed by atoms with van der Waals surface area (Å²) in [6, 6.07) is 21.5. The Bertz CT molecular complexity index is 2270. The third-order valence-corrected chi connectivity index (χ3v) is 11.9. The minimum atomic E-state index is -1.19. The molecule has 6 rings (SSSR count). The van der Waals surface area contributed by atoms with Crippen molar-refractivity contribution in [3.8, 4) is 11.8 Å². The molecule has 14 heteroatoms. The summed E-state index contributed by atoms with van der Waals surface area (Å²) in [5, 5.41) is 5.93. The Morgan fingerprint density at radius 1 is 0.742 bits per heavy atom. The Morgan fingerprint density at radius 3 is 1.77 bits per heavy atom. The van der Waals surface area contributed by atoms with E-state index in [0.717, 1.165) is 35.1 Å². The van der Waals surface area contributed by atoms with Gasteiger partial charge in [0.15, 0.2) is 0 Å². The molecule has 14 nitrogen and oxygen atoms in total. The molecule has 2 saturated heterocycles. The molecule has 3 aromatic carbocycles. The standard InChI is InChI=1S/C48H56N8O6/c1-4-48(54(3)32-42(50)58,36-15-9-6-10-16-36)47(62)56-30-12-18-40(56)45(60)52-38-27-23-34(24-28-38)20-19-33-21-25-37(26-22-33)51-44(59)39-17-11-29-55(39)46(61)43(53(2)31-41(49)57)35-13-7-5-8-14-35/h6-7,9-10,13-16,21-28,39-40,43H,4-5,8,11-12,17-18,29-32H2,1-3H3,(H2,49,57)(H2,50,58)(H,51,59)(H,52,60). The molecule has 0 aromatic heterocycles. The topological polar surface area (TPSA) is 191 Å². The second-order valence-corrected chi connectivity index (χ2v) is 16.1. The molecular weight excluding hydrogens is 785 g/mol. The Balaban J connectivity index is 1.06. The number of likely N-dealkylation sites (N-methyl/N-ethyl adjacent to an activating group) is 2. The highest BCUT2D eigenvalue weighted by atomic mass is 16.2. The average molecular weight is 841 g/mol. The van der Waals surface area contributed by atoms with Crippen molar-refractivity contribution < 1.29 is 28.8 Å². The van der Waals surface area contributed by atoms with Gasteiger partial charge >= 0.3 is 0 Å². The van der Waals surface area contributed by atoms with E-state index in [4.69, 9.17) is 11.5 Å². The van der Waals surface area contributed by atoms with E-state index in [1.54, 1.807) is 82.2 Å². The number of rotatable bonds is 15. The van der Waals surface area contributed by atoms with Crippen LogP contribution >= 0.6 is 0 Å². The van der Waals surface area contributed by atoms with Crippen molar-refractivity contribution in [3.05, 3.63) is 119 Å². The number of hydrogen-bond acceptors (Lipinski definition) is 8. The molecule has 3 aliphatic rings. The number of amides is 6. The van der Waals surface area contributed by atoms with Crippen LogP contribution in [0.1, 0.15) is 68.6 Å². The van der Waals surface area contributed by atoms with E-state index in [1.165, 1.54) is 0 Å². The number of allylic oxidation sites excluding steroid dienone is 2. The number of benzene rings is 3. The van der Waals surface area contributed by atoms with Gasteiger partial charge in [-0.2, -0.15) is 0 Å². The van der Waals surface area contributed by atoms with Gasteiger partial charge in [-0.1, -0.05) is 67.3 Å². The molecule has 1 aliphatic carbocycles. The van der Waals surface area contributed by atoms with Crippen molar-refractivity contribution in [2.45, 2.75) is 75.5 Å². The Kier molecular flexibility index (Phi) is 14.8. The minimum absolute atomic E-state index is 0.0910. The summed E-state index contributed by atoms with van der Waals surface area (Å²) in [6.45, 7) is 2.52. The summed E-state index contributed by atoms with van der Waals surface area (Å²) >= 11 is 0. The van der Waals surface area contributed by atoms with Crippen LogP contribution in [0.3, 0.4) is 0 Å². The maximum absolute atomic E-state index is 14.5. The number of hydrogen-bond donors (Lipinski definition) is 4. The molecule has 0 radical (unpaired) electrons. The van der Waals surface area contributed by atoms with Crippen molar-refractivity contribution in [1.29, 1.82) is 0 Å². The maximum atomic E-state index is 14.5. The highest BCUT2D eigenvalue weighted by Crippen LogP contribution is 2.36. The van der Waals surface area contributed by atoms with Crippen LogP contribution in [0.5, 0.6) is 0 Å². The Hall–Kier alpha value is -6.56. The van der Waals surface area contributed by atoms with Crippen molar-refractivity contribution in [3.63, 3.8) is 0 Å². The molecule has 62 heavy (non-hydrogen) atoms. The number of nitrogens with one attached hydrogen (secondary N) is 2. The molecule has 3 aromatic rings. The fourth-order valence-electron chi connectivity index (χ4n) is 8.82. The molecule has 4 unspecified atom stereocenters. The van der Waals surface area contributed by atoms with Gasteiger partial charge in [-0.3, -0.25) is 38.6 Å². The molecule has 2 fully saturated rings. The maximum Gasteiger partial charge on any atom is 0.248 e. The van der Waals surface area contributed by atoms with Gasteiger partial charge in [-0.25, -0.2) is 0 Å². The Labute approximate surface area is 363 Å². The van der Waals surface area contributed by atoms with Crippen LogP contribution in [0.2, 0.25) is 0 Å². The quantitative estimate of drug-likeness (QED) is 0.167. The smallest absolute Gasteiger partial charge is 0.248 e. The van der Waals surface area contributed by atoms with Crippen LogP contribution in [-0.4, -0.2) is 113 Å². The molecule has 2 heterocycles. The summed E-state index contributed by atoms with van der Waals surface area (Å²) in [4.78, 5) is 86.0. The zero-order chi connectivity index (χ0) is 44.4. The molecule has 0 saturated carbocycles. The first-order valence-electron chi connectivity index (χ1n) is 21.2. The van der Waals surface area contributed by atoms with E-state index in [0.29, 0.717) is 56.6 Å². The predicted octanol–water partition coefficient (Wildman–Crippen LogP) is 3.73. The van der Waals surface area contributed by atoms with E-state index < -0.39 is 35.5 Å². The van der Waals surface area contributed by atoms with E-state index in [-0.39, 0.29) is 36.7 Å². The number of nitrogens with two attached hydrogens (primary N) is 2. The van der Waals surface area contributed by atoms with Gasteiger partial charge in [0.05, 0.1) is 13.1 Å². The number of primary amides is 2. The number of nitrogens with zero attached hydrogens (tertiary/aromatic N) is 4. The van der Waals surface area contributed by atoms with Gasteiger partial charge in [0.25, 0.3) is 0 Å². The first-order chi connectivity index (χ1) is 29.8. The van der Waals surface area contributed by atoms with Crippen LogP contribution in [0, 0.1) is 11.8 Å². The fourth-order valence-corrected chi connectivity index (χ4v) is 8.82. The van der Waals surface area contributed by atoms with Gasteiger partial charge in [0.2, 0.25) is 35.4 Å². The van der Waals surface area contributed by atoms with Gasteiger partial charge < -0.3 is 31.9 Å². The van der Waals surface area contributed by atoms with Crippen molar-refractivity contribution in [1.82, 2.24) is 19.6 Å². The molecule has 0 spiro atoms. The third kappa shape index (κ3) is 10.3. The molecule has 6 amide bonds. The van der Waals surface area contributed by atoms with E-state index >= 15 is 0 Å². The lowest BCUT2D eigenvalue weighted by atomic mass is 9.83. The fraction of sp³-hybridized carbons (Fsp3) is 0.375. The average Bonchev–Trinajstić information content (AvgIpc) is 3.96. The predicted molar refractivity (Wildman–Crippen MR) is 238 cm³/mol. The van der Waals surface area contributed by atoms with E-state index in [2.05, 4.69) is 22.5 Å². The lowest BCUT2D eigenvalue weighted by molar-refractivity contribution is -0.149. The van der Waals surface area contributed by atoms with Crippen molar-refractivity contribution in [2.75, 3.05) is 50.9 Å². The molecule has 4 atom stereocenters. The van der Waals surface area contributed by atoms with Crippen LogP contribution in [0.4, 0.5) is 11.4 Å². The second kappa shape index (κ2) is 20.3. The summed E-state index contributed by atoms with van der Waals surface area (Å²) in [5.74, 6) is 4.12. The zero-order valence-corrected chi connectivity index (χ0v) is 35.6. The van der Waals surface area contributed by atoms with Gasteiger partial charge in [-0.15, -0.1) is 0 Å². The summed E-state index contributed by atoms with van der Waals surface area (Å²) in [5.41, 5.74) is 14.0. The summed E-state index contributed by atoms with van der Waals surface area (Å²) in [6.07, 6.45) is 10.3. The van der Waals surface area contributed by atoms with Crippen LogP contribution in [0.15, 0.2) is 103 Å². The van der Waals surface area contributed by atoms with Crippen LogP contribution in [0.25, 0.3) is 0 Å². The zero-order valence-electron chi connectivity index (χ0n) is 35.6. The summed E-state index contributed by atoms with van der Waals surface area (Å²) in [7, 11) is 3.40. The van der Waals surface area contributed by atoms with Crippen molar-refractivity contribution >= 4 is 46.8 Å². The Morgan fingerprint density at radius 2 is 1.27 bits per heavy atom. The minimum Gasteiger partial charge on any atom is -0.369 e. The molecule has 2 aliphatic heterocycles. The lowest BCUT2D eigenvalue weighted by Crippen LogP contribution is -2.59. The normalized spacial score (nSPS) is 18.6. The second-order valence-electron chi connectivity index (χ2n) is 16.1. The van der Waals surface area contributed by atoms with Gasteiger partial charge in [0.1, 0.15) is 23.7 Å². The van der Waals surface area contributed by atoms with Crippen LogP contribution in [-0.2, 0) is 34.3 Å². The summed E-state index contributed by atoms with van der Waals surface area (Å²) < 4.78 is 0. The number of anilines is 2. The number of carbonyl (C=O) groups excluding carboxylic acids is 6. The SMILES string of the molecule is CCC(C(=O)N1CCCC1C(=O)Nc1ccc(C#Cc2ccc(NC(=O)C3CCCN3C(=O)C(C3=CCCC=C3)N(C)CC(N)=O)cc2)cc1)(c1ccccc1)N(C)CC(N)=O. The largest absolute Gasteiger partial charge is 0.369 e. The monoisotopic (exact) mass is 840 g/mol. The van der Waals surface area contributed by atoms with Gasteiger partial charge in [0, 0.05) is 35.6 Å². The molecule has 0 bridgehead atoms. The van der Waals surface area contributed by atoms with E-state index in [9.17, 15) is 28.8 Å². The first kappa shape index (κ1) is 45.0. The highest BCUT2D eigenvalue weighted by Gasteiger charge is 2.49. The molecular formula is C48H56N8O6. The molecule has 6 N–H and O–H groups in total. The van der Waals surface area contributed by atoms with Crippen LogP contribution < -0.4 is 22.1 Å². The van der Waals surface area contributed by atoms with Crippen molar-refractivity contribution in [2.24, 2.45) is 11.5 Å². The number of carbonyl (C=O) groups is 6. The lowest BCUT2D eigenvalue weighted by Gasteiger charge is -2.43. The first-order valence-corrected chi connectivity index (χ1v) is 21.2. The highest BCUT2D eigenvalue weighted by molar-refractivity contribution is 6.00. The third-order valence-electron chi connectivity index (χ3n) is 11.9. The molecule has 324 valence electrons. The van der Waals surface area contributed by atoms with E-state index in [1.807, 2.05) is 55.5 Å².